The number of nitrogens with two attached hydrogens (primary N) is 1. The molecule has 1 atom stereocenters. The molecular weight excluding hydrogens is 250 g/mol. The third-order valence-electron chi connectivity index (χ3n) is 3.77. The molecule has 1 aromatic heterocycles. The van der Waals surface area contributed by atoms with E-state index in [9.17, 15) is 0 Å². The zero-order valence-corrected chi connectivity index (χ0v) is 11.9. The lowest BCUT2D eigenvalue weighted by Gasteiger charge is -2.20. The fourth-order valence-corrected chi connectivity index (χ4v) is 2.82. The number of likely N-dealkylation sites (N-methyl/N-ethyl adjacent to an activating group) is 1. The number of hydrogen-bond acceptors (Lipinski definition) is 4. The summed E-state index contributed by atoms with van der Waals surface area (Å²) < 4.78 is 5.67. The highest BCUT2D eigenvalue weighted by Gasteiger charge is 2.17. The Balaban J connectivity index is 1.73. The van der Waals surface area contributed by atoms with Crippen molar-refractivity contribution < 1.29 is 4.74 Å². The highest BCUT2D eigenvalue weighted by molar-refractivity contribution is 5.90. The molecule has 1 aliphatic rings. The molecule has 3 rings (SSSR count). The summed E-state index contributed by atoms with van der Waals surface area (Å²) in [6.45, 7) is 2.66. The van der Waals surface area contributed by atoms with Gasteiger partial charge in [0, 0.05) is 30.8 Å². The van der Waals surface area contributed by atoms with Crippen LogP contribution in [-0.4, -0.2) is 36.2 Å². The number of hydrogen-bond donors (Lipinski definition) is 1. The fourth-order valence-electron chi connectivity index (χ4n) is 2.82. The molecule has 0 saturated carbocycles. The molecule has 4 nitrogen and oxygen atoms in total. The molecule has 0 radical (unpaired) electrons. The monoisotopic (exact) mass is 271 g/mol. The van der Waals surface area contributed by atoms with Gasteiger partial charge in [-0.25, -0.2) is 0 Å². The molecule has 1 saturated heterocycles. The van der Waals surface area contributed by atoms with Gasteiger partial charge in [0.05, 0.1) is 17.3 Å². The second-order valence-corrected chi connectivity index (χ2v) is 5.55. The summed E-state index contributed by atoms with van der Waals surface area (Å²) in [6.07, 6.45) is 2.72. The molecular formula is C16H21N3O. The average Bonchev–Trinajstić information content (AvgIpc) is 2.91. The van der Waals surface area contributed by atoms with Gasteiger partial charge in [0.25, 0.3) is 0 Å². The number of para-hydroxylation sites is 1. The first-order chi connectivity index (χ1) is 9.72. The van der Waals surface area contributed by atoms with E-state index in [2.05, 4.69) is 16.9 Å². The van der Waals surface area contributed by atoms with Crippen LogP contribution in [0.4, 0.5) is 5.69 Å². The van der Waals surface area contributed by atoms with Gasteiger partial charge in [-0.2, -0.15) is 0 Å². The number of anilines is 1. The van der Waals surface area contributed by atoms with Crippen LogP contribution in [0.1, 0.15) is 18.5 Å². The summed E-state index contributed by atoms with van der Waals surface area (Å²) in [5.41, 5.74) is 8.90. The highest BCUT2D eigenvalue weighted by Crippen LogP contribution is 2.21. The Morgan fingerprint density at radius 3 is 3.05 bits per heavy atom. The van der Waals surface area contributed by atoms with Crippen molar-refractivity contribution >= 4 is 16.6 Å². The minimum atomic E-state index is 0.373. The molecule has 2 aromatic rings. The second-order valence-electron chi connectivity index (χ2n) is 5.55. The van der Waals surface area contributed by atoms with E-state index >= 15 is 0 Å². The molecule has 0 amide bonds. The van der Waals surface area contributed by atoms with Crippen LogP contribution in [0.5, 0.6) is 0 Å². The van der Waals surface area contributed by atoms with E-state index < -0.39 is 0 Å². The van der Waals surface area contributed by atoms with Crippen LogP contribution < -0.4 is 5.73 Å². The van der Waals surface area contributed by atoms with E-state index in [4.69, 9.17) is 10.5 Å². The summed E-state index contributed by atoms with van der Waals surface area (Å²) in [6, 6.07) is 9.99. The van der Waals surface area contributed by atoms with E-state index in [1.807, 2.05) is 30.3 Å². The molecule has 1 fully saturated rings. The van der Waals surface area contributed by atoms with Crippen molar-refractivity contribution in [2.24, 2.45) is 0 Å². The van der Waals surface area contributed by atoms with Gasteiger partial charge < -0.3 is 10.5 Å². The average molecular weight is 271 g/mol. The Morgan fingerprint density at radius 2 is 2.25 bits per heavy atom. The maximum atomic E-state index is 6.11. The third kappa shape index (κ3) is 2.92. The van der Waals surface area contributed by atoms with Crippen LogP contribution in [0.3, 0.4) is 0 Å². The molecule has 2 N–H and O–H groups in total. The van der Waals surface area contributed by atoms with E-state index in [1.54, 1.807) is 0 Å². The molecule has 1 aliphatic heterocycles. The second kappa shape index (κ2) is 5.77. The number of rotatable bonds is 4. The first kappa shape index (κ1) is 13.3. The van der Waals surface area contributed by atoms with Gasteiger partial charge in [0.15, 0.2) is 0 Å². The van der Waals surface area contributed by atoms with Crippen LogP contribution in [0, 0.1) is 0 Å². The Morgan fingerprint density at radius 1 is 1.40 bits per heavy atom. The number of aromatic nitrogens is 1. The first-order valence-corrected chi connectivity index (χ1v) is 7.16. The Hall–Kier alpha value is -1.65. The molecule has 2 heterocycles. The van der Waals surface area contributed by atoms with Gasteiger partial charge in [-0.05, 0) is 32.0 Å². The van der Waals surface area contributed by atoms with E-state index in [0.29, 0.717) is 6.10 Å². The maximum Gasteiger partial charge on any atom is 0.0726 e. The zero-order chi connectivity index (χ0) is 13.9. The SMILES string of the molecule is CN(Cc1cc(N)c2ccccc2n1)CC1CCCO1. The van der Waals surface area contributed by atoms with Crippen LogP contribution in [0.2, 0.25) is 0 Å². The van der Waals surface area contributed by atoms with Crippen molar-refractivity contribution in [3.63, 3.8) is 0 Å². The lowest BCUT2D eigenvalue weighted by Crippen LogP contribution is -2.28. The lowest BCUT2D eigenvalue weighted by molar-refractivity contribution is 0.0790. The highest BCUT2D eigenvalue weighted by atomic mass is 16.5. The predicted molar refractivity (Wildman–Crippen MR) is 81.5 cm³/mol. The van der Waals surface area contributed by atoms with Crippen molar-refractivity contribution in [3.8, 4) is 0 Å². The molecule has 20 heavy (non-hydrogen) atoms. The predicted octanol–water partition coefficient (Wildman–Crippen LogP) is 2.43. The van der Waals surface area contributed by atoms with Gasteiger partial charge in [0.2, 0.25) is 0 Å². The number of nitrogen functional groups attached to an aromatic ring is 1. The molecule has 0 spiro atoms. The molecule has 1 aromatic carbocycles. The minimum absolute atomic E-state index is 0.373. The van der Waals surface area contributed by atoms with Crippen molar-refractivity contribution in [1.29, 1.82) is 0 Å². The van der Waals surface area contributed by atoms with Crippen molar-refractivity contribution in [2.75, 3.05) is 25.9 Å². The summed E-state index contributed by atoms with van der Waals surface area (Å²) >= 11 is 0. The van der Waals surface area contributed by atoms with Gasteiger partial charge >= 0.3 is 0 Å². The molecule has 106 valence electrons. The first-order valence-electron chi connectivity index (χ1n) is 7.16. The van der Waals surface area contributed by atoms with Gasteiger partial charge in [-0.3, -0.25) is 9.88 Å². The van der Waals surface area contributed by atoms with Crippen molar-refractivity contribution in [2.45, 2.75) is 25.5 Å². The Bertz CT molecular complexity index is 593. The van der Waals surface area contributed by atoms with Gasteiger partial charge in [0.1, 0.15) is 0 Å². The summed E-state index contributed by atoms with van der Waals surface area (Å²) in [5, 5.41) is 1.03. The van der Waals surface area contributed by atoms with E-state index in [1.165, 1.54) is 6.42 Å². The van der Waals surface area contributed by atoms with Crippen molar-refractivity contribution in [3.05, 3.63) is 36.0 Å². The smallest absolute Gasteiger partial charge is 0.0726 e. The number of pyridine rings is 1. The van der Waals surface area contributed by atoms with E-state index in [-0.39, 0.29) is 0 Å². The van der Waals surface area contributed by atoms with Crippen LogP contribution in [-0.2, 0) is 11.3 Å². The quantitative estimate of drug-likeness (QED) is 0.928. The third-order valence-corrected chi connectivity index (χ3v) is 3.77. The fraction of sp³-hybridized carbons (Fsp3) is 0.438. The summed E-state index contributed by atoms with van der Waals surface area (Å²) in [5.74, 6) is 0. The summed E-state index contributed by atoms with van der Waals surface area (Å²) in [7, 11) is 2.11. The van der Waals surface area contributed by atoms with Crippen LogP contribution in [0.25, 0.3) is 10.9 Å². The Labute approximate surface area is 119 Å². The number of nitrogens with zero attached hydrogens (tertiary/aromatic N) is 2. The van der Waals surface area contributed by atoms with Crippen LogP contribution >= 0.6 is 0 Å². The minimum Gasteiger partial charge on any atom is -0.398 e. The van der Waals surface area contributed by atoms with Crippen molar-refractivity contribution in [1.82, 2.24) is 9.88 Å². The standard InChI is InChI=1S/C16H21N3O/c1-19(11-13-5-4-8-20-13)10-12-9-15(17)14-6-2-3-7-16(14)18-12/h2-3,6-7,9,13H,4-5,8,10-11H2,1H3,(H2,17,18). The summed E-state index contributed by atoms with van der Waals surface area (Å²) in [4.78, 5) is 6.94. The lowest BCUT2D eigenvalue weighted by atomic mass is 10.1. The normalized spacial score (nSPS) is 19.0. The number of ether oxygens (including phenoxy) is 1. The van der Waals surface area contributed by atoms with Gasteiger partial charge in [-0.15, -0.1) is 0 Å². The topological polar surface area (TPSA) is 51.4 Å². The molecule has 1 unspecified atom stereocenters. The molecule has 0 bridgehead atoms. The van der Waals surface area contributed by atoms with Gasteiger partial charge in [-0.1, -0.05) is 18.2 Å². The maximum absolute atomic E-state index is 6.11. The number of fused-ring (bicyclic) bond motifs is 1. The molecule has 4 heteroatoms. The van der Waals surface area contributed by atoms with Crippen LogP contribution in [0.15, 0.2) is 30.3 Å². The zero-order valence-electron chi connectivity index (χ0n) is 11.9. The van der Waals surface area contributed by atoms with E-state index in [0.717, 1.165) is 48.4 Å². The largest absolute Gasteiger partial charge is 0.398 e. The number of benzene rings is 1. The Kier molecular flexibility index (Phi) is 3.85. The molecule has 0 aliphatic carbocycles.